The fourth-order valence-electron chi connectivity index (χ4n) is 3.14. The van der Waals surface area contributed by atoms with Crippen molar-refractivity contribution in [2.75, 3.05) is 79.8 Å². The van der Waals surface area contributed by atoms with Crippen molar-refractivity contribution in [3.63, 3.8) is 0 Å². The Morgan fingerprint density at radius 3 is 2.09 bits per heavy atom. The van der Waals surface area contributed by atoms with Gasteiger partial charge in [-0.15, -0.1) is 0 Å². The van der Waals surface area contributed by atoms with Crippen LogP contribution < -0.4 is 9.64 Å². The second-order valence-electron chi connectivity index (χ2n) is 8.41. The van der Waals surface area contributed by atoms with Crippen LogP contribution in [-0.2, 0) is 27.3 Å². The molecule has 0 aliphatic heterocycles. The van der Waals surface area contributed by atoms with E-state index in [0.717, 1.165) is 29.1 Å². The lowest BCUT2D eigenvalue weighted by Gasteiger charge is -2.23. The summed E-state index contributed by atoms with van der Waals surface area (Å²) in [6.07, 6.45) is -0.384. The van der Waals surface area contributed by atoms with Gasteiger partial charge in [0.15, 0.2) is 0 Å². The highest BCUT2D eigenvalue weighted by Crippen LogP contribution is 2.18. The van der Waals surface area contributed by atoms with E-state index >= 15 is 0 Å². The molecular weight excluding hydrogens is 434 g/mol. The number of ether oxygens (including phenoxy) is 4. The third-order valence-corrected chi connectivity index (χ3v) is 5.10. The number of nitrogens with zero attached hydrogens (tertiary/aromatic N) is 3. The second kappa shape index (κ2) is 15.2. The third-order valence-electron chi connectivity index (χ3n) is 5.10. The summed E-state index contributed by atoms with van der Waals surface area (Å²) in [6, 6.07) is 15.8. The first-order chi connectivity index (χ1) is 16.4. The summed E-state index contributed by atoms with van der Waals surface area (Å²) < 4.78 is 21.8. The number of carbonyl (C=O) groups excluding carboxylic acids is 1. The van der Waals surface area contributed by atoms with Crippen molar-refractivity contribution in [2.24, 2.45) is 0 Å². The first-order valence-electron chi connectivity index (χ1n) is 11.5. The van der Waals surface area contributed by atoms with Gasteiger partial charge in [0, 0.05) is 39.4 Å². The molecule has 0 unspecified atom stereocenters. The van der Waals surface area contributed by atoms with E-state index in [1.807, 2.05) is 81.6 Å². The van der Waals surface area contributed by atoms with Crippen LogP contribution in [0.3, 0.4) is 0 Å². The van der Waals surface area contributed by atoms with Crippen molar-refractivity contribution >= 4 is 11.8 Å². The number of amides is 1. The van der Waals surface area contributed by atoms with E-state index in [4.69, 9.17) is 18.9 Å². The van der Waals surface area contributed by atoms with Gasteiger partial charge in [0.1, 0.15) is 12.4 Å². The lowest BCUT2D eigenvalue weighted by molar-refractivity contribution is 0.0186. The number of hydrogen-bond donors (Lipinski definition) is 0. The van der Waals surface area contributed by atoms with E-state index in [0.29, 0.717) is 39.5 Å². The van der Waals surface area contributed by atoms with Crippen LogP contribution in [0, 0.1) is 0 Å². The maximum atomic E-state index is 12.9. The van der Waals surface area contributed by atoms with E-state index in [9.17, 15) is 4.79 Å². The van der Waals surface area contributed by atoms with Gasteiger partial charge >= 0.3 is 6.09 Å². The molecule has 188 valence electrons. The summed E-state index contributed by atoms with van der Waals surface area (Å²) >= 11 is 0. The van der Waals surface area contributed by atoms with E-state index in [2.05, 4.69) is 4.90 Å². The molecular formula is C26H39N3O5. The molecule has 0 saturated carbocycles. The van der Waals surface area contributed by atoms with Crippen molar-refractivity contribution in [3.05, 3.63) is 59.7 Å². The van der Waals surface area contributed by atoms with Gasteiger partial charge in [0.05, 0.1) is 33.5 Å². The van der Waals surface area contributed by atoms with Gasteiger partial charge in [0.25, 0.3) is 0 Å². The summed E-state index contributed by atoms with van der Waals surface area (Å²) in [5, 5.41) is 0. The molecule has 2 aromatic carbocycles. The Morgan fingerprint density at radius 1 is 0.794 bits per heavy atom. The molecule has 8 heteroatoms. The maximum absolute atomic E-state index is 12.9. The van der Waals surface area contributed by atoms with Gasteiger partial charge in [0.2, 0.25) is 0 Å². The summed E-state index contributed by atoms with van der Waals surface area (Å²) in [6.45, 7) is 3.89. The number of benzene rings is 2. The Balaban J connectivity index is 1.88. The number of hydrogen-bond acceptors (Lipinski definition) is 7. The van der Waals surface area contributed by atoms with E-state index in [-0.39, 0.29) is 12.7 Å². The minimum atomic E-state index is -0.384. The van der Waals surface area contributed by atoms with Crippen LogP contribution >= 0.6 is 0 Å². The molecule has 0 aromatic heterocycles. The Labute approximate surface area is 203 Å². The predicted octanol–water partition coefficient (Wildman–Crippen LogP) is 3.49. The van der Waals surface area contributed by atoms with E-state index in [1.54, 1.807) is 12.0 Å². The van der Waals surface area contributed by atoms with Crippen molar-refractivity contribution < 1.29 is 23.7 Å². The molecule has 2 aromatic rings. The van der Waals surface area contributed by atoms with Gasteiger partial charge in [-0.25, -0.2) is 4.79 Å². The average Bonchev–Trinajstić information content (AvgIpc) is 2.82. The molecule has 1 amide bonds. The number of anilines is 1. The maximum Gasteiger partial charge on any atom is 0.410 e. The smallest absolute Gasteiger partial charge is 0.410 e. The van der Waals surface area contributed by atoms with E-state index in [1.165, 1.54) is 0 Å². The molecule has 0 aliphatic rings. The molecule has 0 atom stereocenters. The van der Waals surface area contributed by atoms with Crippen LogP contribution in [0.5, 0.6) is 5.75 Å². The lowest BCUT2D eigenvalue weighted by Crippen LogP contribution is -2.31. The van der Waals surface area contributed by atoms with Gasteiger partial charge in [-0.3, -0.25) is 4.90 Å². The topological polar surface area (TPSA) is 63.7 Å². The second-order valence-corrected chi connectivity index (χ2v) is 8.41. The van der Waals surface area contributed by atoms with Crippen molar-refractivity contribution in [3.8, 4) is 5.75 Å². The largest absolute Gasteiger partial charge is 0.497 e. The molecule has 8 nitrogen and oxygen atoms in total. The van der Waals surface area contributed by atoms with Crippen LogP contribution in [0.1, 0.15) is 11.1 Å². The Morgan fingerprint density at radius 2 is 1.44 bits per heavy atom. The molecule has 0 heterocycles. The van der Waals surface area contributed by atoms with Gasteiger partial charge in [-0.1, -0.05) is 24.3 Å². The molecule has 0 spiro atoms. The van der Waals surface area contributed by atoms with Crippen molar-refractivity contribution in [1.82, 2.24) is 9.80 Å². The van der Waals surface area contributed by atoms with Crippen LogP contribution in [0.15, 0.2) is 48.5 Å². The molecule has 2 rings (SSSR count). The van der Waals surface area contributed by atoms with Crippen LogP contribution in [-0.4, -0.2) is 90.8 Å². The van der Waals surface area contributed by atoms with Crippen molar-refractivity contribution in [1.29, 1.82) is 0 Å². The number of methoxy groups -OCH3 is 1. The quantitative estimate of drug-likeness (QED) is 0.367. The third kappa shape index (κ3) is 10.4. The van der Waals surface area contributed by atoms with Gasteiger partial charge < -0.3 is 28.7 Å². The molecule has 0 radical (unpaired) electrons. The standard InChI is InChI=1S/C26H39N3O5/c1-27(2)13-14-32-15-16-33-17-18-34-26(30)29(21-23-7-6-8-25(19-23)31-5)20-22-9-11-24(12-10-22)28(3)4/h6-12,19H,13-18,20-21H2,1-5H3. The summed E-state index contributed by atoms with van der Waals surface area (Å²) in [7, 11) is 9.64. The molecule has 0 saturated heterocycles. The molecule has 0 N–H and O–H groups in total. The zero-order chi connectivity index (χ0) is 24.8. The monoisotopic (exact) mass is 473 g/mol. The van der Waals surface area contributed by atoms with Gasteiger partial charge in [-0.05, 0) is 49.5 Å². The summed E-state index contributed by atoms with van der Waals surface area (Å²) in [5.41, 5.74) is 3.09. The number of carbonyl (C=O) groups is 1. The van der Waals surface area contributed by atoms with E-state index < -0.39 is 0 Å². The number of likely N-dealkylation sites (N-methyl/N-ethyl adjacent to an activating group) is 1. The number of rotatable bonds is 15. The fraction of sp³-hybridized carbons (Fsp3) is 0.500. The van der Waals surface area contributed by atoms with Crippen molar-refractivity contribution in [2.45, 2.75) is 13.1 Å². The highest BCUT2D eigenvalue weighted by atomic mass is 16.6. The first-order valence-corrected chi connectivity index (χ1v) is 11.5. The van der Waals surface area contributed by atoms with Crippen LogP contribution in [0.25, 0.3) is 0 Å². The SMILES string of the molecule is COc1cccc(CN(Cc2ccc(N(C)C)cc2)C(=O)OCCOCCOCCN(C)C)c1. The zero-order valence-electron chi connectivity index (χ0n) is 21.2. The van der Waals surface area contributed by atoms with Gasteiger partial charge in [-0.2, -0.15) is 0 Å². The zero-order valence-corrected chi connectivity index (χ0v) is 21.2. The predicted molar refractivity (Wildman–Crippen MR) is 135 cm³/mol. The minimum absolute atomic E-state index is 0.185. The highest BCUT2D eigenvalue weighted by Gasteiger charge is 2.17. The van der Waals surface area contributed by atoms with Crippen LogP contribution in [0.4, 0.5) is 10.5 Å². The molecule has 0 bridgehead atoms. The Bertz CT molecular complexity index is 843. The van der Waals surface area contributed by atoms with Crippen LogP contribution in [0.2, 0.25) is 0 Å². The molecule has 0 fully saturated rings. The highest BCUT2D eigenvalue weighted by molar-refractivity contribution is 5.67. The normalized spacial score (nSPS) is 10.9. The Hall–Kier alpha value is -2.81. The summed E-state index contributed by atoms with van der Waals surface area (Å²) in [5.74, 6) is 0.752. The first kappa shape index (κ1) is 27.4. The molecule has 34 heavy (non-hydrogen) atoms. The average molecular weight is 474 g/mol. The lowest BCUT2D eigenvalue weighted by atomic mass is 10.1. The minimum Gasteiger partial charge on any atom is -0.497 e. The Kier molecular flexibility index (Phi) is 12.2. The molecule has 0 aliphatic carbocycles. The summed E-state index contributed by atoms with van der Waals surface area (Å²) in [4.78, 5) is 18.7. The fourth-order valence-corrected chi connectivity index (χ4v) is 3.14.